The number of fused-ring (bicyclic) bond motifs is 2. The van der Waals surface area contributed by atoms with Crippen LogP contribution >= 0.6 is 0 Å². The minimum atomic E-state index is 0. The zero-order chi connectivity index (χ0) is 37.6. The molecule has 0 bridgehead atoms. The molecule has 0 saturated heterocycles. The normalized spacial score (nSPS) is 10.1. The molecule has 0 amide bonds. The Hall–Kier alpha value is -5.74. The second-order valence-corrected chi connectivity index (χ2v) is 12.3. The first-order chi connectivity index (χ1) is 25.9. The van der Waals surface area contributed by atoms with Crippen LogP contribution in [0, 0.1) is 31.6 Å². The third kappa shape index (κ3) is 10.2. The van der Waals surface area contributed by atoms with Crippen molar-refractivity contribution in [3.8, 4) is 45.7 Å². The molecule has 0 fully saturated rings. The maximum absolute atomic E-state index is 6.69. The van der Waals surface area contributed by atoms with Gasteiger partial charge in [-0.3, -0.25) is 21.8 Å². The summed E-state index contributed by atoms with van der Waals surface area (Å²) >= 11 is 0. The zero-order valence-corrected chi connectivity index (χ0v) is 33.8. The van der Waals surface area contributed by atoms with E-state index in [-0.39, 0.29) is 21.1 Å². The molecule has 0 atom stereocenters. The van der Waals surface area contributed by atoms with Crippen molar-refractivity contribution >= 4 is 16.7 Å². The zero-order valence-electron chi connectivity index (χ0n) is 31.5. The summed E-state index contributed by atoms with van der Waals surface area (Å²) in [5.41, 5.74) is 9.97. The minimum absolute atomic E-state index is 0. The van der Waals surface area contributed by atoms with Gasteiger partial charge in [0.2, 0.25) is 5.36 Å². The Balaban J connectivity index is 0.000000315. The maximum atomic E-state index is 6.69. The van der Waals surface area contributed by atoms with E-state index in [1.165, 1.54) is 16.6 Å². The van der Waals surface area contributed by atoms with Crippen LogP contribution in [-0.2, 0) is 21.1 Å². The third-order valence-corrected chi connectivity index (χ3v) is 9.01. The summed E-state index contributed by atoms with van der Waals surface area (Å²) in [7, 11) is 0. The number of nitrogens with zero attached hydrogens (tertiary/aromatic N) is 4. The molecule has 0 spiro atoms. The van der Waals surface area contributed by atoms with Crippen molar-refractivity contribution in [2.24, 2.45) is 0 Å². The van der Waals surface area contributed by atoms with Crippen LogP contribution in [-0.4, -0.2) is 36.1 Å². The van der Waals surface area contributed by atoms with Gasteiger partial charge < -0.3 is 22.2 Å². The first-order valence-electron chi connectivity index (χ1n) is 18.1. The molecule has 3 aromatic carbocycles. The molecule has 5 nitrogen and oxygen atoms in total. The number of pyridine rings is 2. The Kier molecular flexibility index (Phi) is 15.6. The summed E-state index contributed by atoms with van der Waals surface area (Å²) in [5.74, 6) is 5.44. The van der Waals surface area contributed by atoms with Gasteiger partial charge >= 0.3 is 21.1 Å². The summed E-state index contributed by atoms with van der Waals surface area (Å²) in [6.45, 7) is 14.6. The van der Waals surface area contributed by atoms with E-state index in [1.54, 1.807) is 0 Å². The third-order valence-electron chi connectivity index (χ3n) is 9.01. The molecule has 2 aromatic heterocycles. The van der Waals surface area contributed by atoms with Crippen LogP contribution in [0.1, 0.15) is 44.4 Å². The molecule has 0 N–H and O–H groups in total. The van der Waals surface area contributed by atoms with Gasteiger partial charge in [-0.15, -0.1) is 35.4 Å². The second-order valence-electron chi connectivity index (χ2n) is 12.3. The molecule has 0 unspecified atom stereocenters. The molecule has 0 radical (unpaired) electrons. The van der Waals surface area contributed by atoms with Crippen LogP contribution in [0.4, 0.5) is 5.69 Å². The van der Waals surface area contributed by atoms with Gasteiger partial charge in [0.1, 0.15) is 24.4 Å². The largest absolute Gasteiger partial charge is 2.00 e. The van der Waals surface area contributed by atoms with Crippen LogP contribution in [0.3, 0.4) is 0 Å². The minimum Gasteiger partial charge on any atom is -0.456 e. The summed E-state index contributed by atoms with van der Waals surface area (Å²) in [5, 5.41) is 2.26. The summed E-state index contributed by atoms with van der Waals surface area (Å²) in [6, 6.07) is 40.2. The fourth-order valence-corrected chi connectivity index (χ4v) is 6.19. The average molecular weight is 889 g/mol. The average Bonchev–Trinajstić information content (AvgIpc) is 3.22. The summed E-state index contributed by atoms with van der Waals surface area (Å²) in [4.78, 5) is 11.6. The molecule has 5 aromatic rings. The Morgan fingerprint density at radius 1 is 0.667 bits per heavy atom. The SMILES string of the molecule is CCN(CC)c1ccc2c(-c3ccnc(-c4cc(C)ccn4)c3)c3ccc(=[N+](CC)CC)cc-3oc2c1.[C-]#Cc1ccccc1.[C-]#Cc1ccccc1.[Pt+2]. The molecular formula is C48H45N4OPt+. The maximum Gasteiger partial charge on any atom is 2.00 e. The van der Waals surface area contributed by atoms with Crippen LogP contribution in [0.2, 0.25) is 0 Å². The van der Waals surface area contributed by atoms with Crippen LogP contribution < -0.4 is 14.8 Å². The van der Waals surface area contributed by atoms with Gasteiger partial charge in [-0.05, 0) is 88.2 Å². The topological polar surface area (TPSA) is 45.2 Å². The van der Waals surface area contributed by atoms with Gasteiger partial charge in [0, 0.05) is 59.8 Å². The van der Waals surface area contributed by atoms with E-state index >= 15 is 0 Å². The van der Waals surface area contributed by atoms with Gasteiger partial charge in [-0.25, -0.2) is 4.58 Å². The number of hydrogen-bond donors (Lipinski definition) is 0. The van der Waals surface area contributed by atoms with Crippen molar-refractivity contribution in [1.29, 1.82) is 0 Å². The first-order valence-corrected chi connectivity index (χ1v) is 18.1. The van der Waals surface area contributed by atoms with Crippen LogP contribution in [0.15, 0.2) is 138 Å². The monoisotopic (exact) mass is 888 g/mol. The molecule has 6 heteroatoms. The van der Waals surface area contributed by atoms with Gasteiger partial charge in [0.15, 0.2) is 0 Å². The van der Waals surface area contributed by atoms with Crippen molar-refractivity contribution in [1.82, 2.24) is 14.5 Å². The number of aryl methyl sites for hydroxylation is 1. The van der Waals surface area contributed by atoms with E-state index in [0.29, 0.717) is 0 Å². The fourth-order valence-electron chi connectivity index (χ4n) is 6.19. The Labute approximate surface area is 335 Å². The van der Waals surface area contributed by atoms with Gasteiger partial charge in [-0.2, -0.15) is 0 Å². The summed E-state index contributed by atoms with van der Waals surface area (Å²) in [6.07, 6.45) is 17.1. The number of benzene rings is 4. The molecular weight excluding hydrogens is 844 g/mol. The van der Waals surface area contributed by atoms with Crippen molar-refractivity contribution in [2.75, 3.05) is 31.1 Å². The molecule has 0 saturated carbocycles. The molecule has 7 rings (SSSR count). The molecule has 1 aliphatic heterocycles. The Bertz CT molecular complexity index is 2330. The van der Waals surface area contributed by atoms with Gasteiger partial charge in [0.25, 0.3) is 0 Å². The van der Waals surface area contributed by atoms with Crippen molar-refractivity contribution in [2.45, 2.75) is 34.6 Å². The predicted molar refractivity (Wildman–Crippen MR) is 219 cm³/mol. The molecule has 3 heterocycles. The molecule has 272 valence electrons. The van der Waals surface area contributed by atoms with E-state index in [2.05, 4.69) is 121 Å². The van der Waals surface area contributed by atoms with E-state index in [4.69, 9.17) is 17.3 Å². The standard InChI is InChI=1S/C32H35N4O.2C8H5.Pt/c1-6-35(7-2)24-10-12-26-30(20-24)37-31-21-25(36(8-3)9-4)11-13-27(31)32(26)23-15-17-34-29(19-23)28-18-22(5)14-16-33-28;2*1-2-8-6-4-3-5-7-8;/h10-21H,6-9H2,1-5H3;2*3-7H;/q+1;2*-1;+2. The number of rotatable bonds is 7. The molecule has 1 aliphatic carbocycles. The van der Waals surface area contributed by atoms with Crippen molar-refractivity contribution in [3.05, 3.63) is 169 Å². The fraction of sp³-hybridized carbons (Fsp3) is 0.188. The number of anilines is 1. The van der Waals surface area contributed by atoms with E-state index in [0.717, 1.165) is 82.1 Å². The van der Waals surface area contributed by atoms with E-state index in [9.17, 15) is 0 Å². The molecule has 2 aliphatic rings. The summed E-state index contributed by atoms with van der Waals surface area (Å²) < 4.78 is 8.96. The van der Waals surface area contributed by atoms with E-state index in [1.807, 2.05) is 79.1 Å². The quantitative estimate of drug-likeness (QED) is 0.0693. The Morgan fingerprint density at radius 3 is 1.80 bits per heavy atom. The second kappa shape index (κ2) is 20.5. The van der Waals surface area contributed by atoms with Gasteiger partial charge in [0.05, 0.1) is 17.5 Å². The predicted octanol–water partition coefficient (Wildman–Crippen LogP) is 9.87. The molecule has 54 heavy (non-hydrogen) atoms. The van der Waals surface area contributed by atoms with Crippen molar-refractivity contribution in [3.63, 3.8) is 0 Å². The number of aromatic nitrogens is 2. The number of hydrogen-bond acceptors (Lipinski definition) is 4. The Morgan fingerprint density at radius 2 is 1.26 bits per heavy atom. The smallest absolute Gasteiger partial charge is 0.456 e. The van der Waals surface area contributed by atoms with E-state index < -0.39 is 0 Å². The van der Waals surface area contributed by atoms with Crippen molar-refractivity contribution < 1.29 is 25.5 Å². The first kappa shape index (κ1) is 41.0. The van der Waals surface area contributed by atoms with Crippen LogP contribution in [0.5, 0.6) is 0 Å². The van der Waals surface area contributed by atoms with Crippen LogP contribution in [0.25, 0.3) is 44.8 Å². The van der Waals surface area contributed by atoms with Gasteiger partial charge in [-0.1, -0.05) is 36.4 Å².